The molecule has 0 saturated carbocycles. The van der Waals surface area contributed by atoms with E-state index in [0.29, 0.717) is 30.6 Å². The lowest BCUT2D eigenvalue weighted by Crippen LogP contribution is -2.41. The normalized spacial score (nSPS) is 13.3. The van der Waals surface area contributed by atoms with Crippen molar-refractivity contribution in [1.29, 1.82) is 0 Å². The van der Waals surface area contributed by atoms with E-state index in [2.05, 4.69) is 24.1 Å². The van der Waals surface area contributed by atoms with E-state index in [-0.39, 0.29) is 0 Å². The van der Waals surface area contributed by atoms with Crippen LogP contribution >= 0.6 is 0 Å². The van der Waals surface area contributed by atoms with Crippen molar-refractivity contribution in [3.8, 4) is 0 Å². The number of nitrogens with one attached hydrogen (secondary N) is 1. The molecule has 1 aromatic carbocycles. The number of hydrogen-bond donors (Lipinski definition) is 1. The van der Waals surface area contributed by atoms with Gasteiger partial charge >= 0.3 is 0 Å². The maximum Gasteiger partial charge on any atom is 0.194 e. The summed E-state index contributed by atoms with van der Waals surface area (Å²) in [6.45, 7) is 5.24. The Morgan fingerprint density at radius 2 is 1.63 bits per heavy atom. The number of nitrogens with zero attached hydrogens (tertiary/aromatic N) is 1. The summed E-state index contributed by atoms with van der Waals surface area (Å²) in [6.07, 6.45) is 0. The molecule has 0 fully saturated rings. The van der Waals surface area contributed by atoms with Gasteiger partial charge in [0.05, 0.1) is 0 Å². The average molecular weight is 274 g/mol. The summed E-state index contributed by atoms with van der Waals surface area (Å²) in [6, 6.07) is 2.37. The van der Waals surface area contributed by atoms with E-state index in [9.17, 15) is 13.2 Å². The molecule has 0 radical (unpaired) electrons. The molecule has 5 heteroatoms. The van der Waals surface area contributed by atoms with Crippen molar-refractivity contribution < 1.29 is 13.2 Å². The highest BCUT2D eigenvalue weighted by molar-refractivity contribution is 5.19. The van der Waals surface area contributed by atoms with Crippen molar-refractivity contribution in [2.45, 2.75) is 26.4 Å². The molecule has 0 aliphatic carbocycles. The number of hydrogen-bond acceptors (Lipinski definition) is 2. The minimum Gasteiger partial charge on any atom is -0.311 e. The van der Waals surface area contributed by atoms with E-state index in [4.69, 9.17) is 0 Å². The van der Waals surface area contributed by atoms with Gasteiger partial charge in [0.25, 0.3) is 0 Å². The zero-order valence-corrected chi connectivity index (χ0v) is 11.8. The topological polar surface area (TPSA) is 15.3 Å². The molecule has 0 aromatic heterocycles. The largest absolute Gasteiger partial charge is 0.311 e. The van der Waals surface area contributed by atoms with Crippen LogP contribution in [0.1, 0.15) is 19.4 Å². The van der Waals surface area contributed by atoms with Crippen LogP contribution in [0.5, 0.6) is 0 Å². The molecule has 108 valence electrons. The minimum absolute atomic E-state index is 0.311. The second-order valence-electron chi connectivity index (χ2n) is 5.28. The molecule has 0 heterocycles. The zero-order valence-electron chi connectivity index (χ0n) is 11.8. The summed E-state index contributed by atoms with van der Waals surface area (Å²) in [4.78, 5) is 2.10. The summed E-state index contributed by atoms with van der Waals surface area (Å²) in [5, 5.41) is 3.14. The Labute approximate surface area is 112 Å². The maximum atomic E-state index is 13.0. The second-order valence-corrected chi connectivity index (χ2v) is 5.28. The quantitative estimate of drug-likeness (QED) is 0.802. The van der Waals surface area contributed by atoms with Crippen LogP contribution in [0.25, 0.3) is 0 Å². The lowest BCUT2D eigenvalue weighted by Gasteiger charge is -2.28. The number of benzene rings is 1. The van der Waals surface area contributed by atoms with Crippen LogP contribution in [0.4, 0.5) is 13.2 Å². The summed E-state index contributed by atoms with van der Waals surface area (Å²) >= 11 is 0. The van der Waals surface area contributed by atoms with Crippen molar-refractivity contribution in [3.05, 3.63) is 35.1 Å². The molecule has 1 aromatic rings. The molecule has 2 nitrogen and oxygen atoms in total. The van der Waals surface area contributed by atoms with Crippen molar-refractivity contribution >= 4 is 0 Å². The molecule has 1 N–H and O–H groups in total. The van der Waals surface area contributed by atoms with Gasteiger partial charge in [-0.15, -0.1) is 0 Å². The van der Waals surface area contributed by atoms with Gasteiger partial charge in [0.2, 0.25) is 0 Å². The molecule has 0 aliphatic rings. The fraction of sp³-hybridized carbons (Fsp3) is 0.571. The van der Waals surface area contributed by atoms with Gasteiger partial charge in [0.15, 0.2) is 17.5 Å². The molecular weight excluding hydrogens is 253 g/mol. The van der Waals surface area contributed by atoms with Gasteiger partial charge in [0.1, 0.15) is 0 Å². The lowest BCUT2D eigenvalue weighted by atomic mass is 10.0. The van der Waals surface area contributed by atoms with E-state index < -0.39 is 17.5 Å². The Bertz CT molecular complexity index is 388. The number of halogens is 3. The van der Waals surface area contributed by atoms with Crippen molar-refractivity contribution in [2.24, 2.45) is 5.92 Å². The van der Waals surface area contributed by atoms with Crippen molar-refractivity contribution in [3.63, 3.8) is 0 Å². The van der Waals surface area contributed by atoms with Crippen LogP contribution in [0, 0.1) is 23.4 Å². The van der Waals surface area contributed by atoms with Gasteiger partial charge < -0.3 is 10.2 Å². The van der Waals surface area contributed by atoms with Gasteiger partial charge in [-0.3, -0.25) is 0 Å². The van der Waals surface area contributed by atoms with E-state index in [1.54, 1.807) is 0 Å². The number of rotatable bonds is 6. The Morgan fingerprint density at radius 3 is 2.05 bits per heavy atom. The van der Waals surface area contributed by atoms with Crippen molar-refractivity contribution in [2.75, 3.05) is 20.6 Å². The van der Waals surface area contributed by atoms with Crippen LogP contribution in [0.15, 0.2) is 12.1 Å². The molecule has 0 aliphatic heterocycles. The SMILES string of the molecule is CC(C)C(CNCc1cc(F)c(F)c(F)c1)N(C)C. The smallest absolute Gasteiger partial charge is 0.194 e. The van der Waals surface area contributed by atoms with Crippen LogP contribution in [0.3, 0.4) is 0 Å². The Kier molecular flexibility index (Phi) is 5.82. The molecule has 0 bridgehead atoms. The first-order valence-electron chi connectivity index (χ1n) is 6.33. The second kappa shape index (κ2) is 6.91. The van der Waals surface area contributed by atoms with Gasteiger partial charge in [-0.1, -0.05) is 13.8 Å². The van der Waals surface area contributed by atoms with Crippen molar-refractivity contribution in [1.82, 2.24) is 10.2 Å². The molecule has 1 unspecified atom stereocenters. The highest BCUT2D eigenvalue weighted by atomic mass is 19.2. The predicted octanol–water partition coefficient (Wildman–Crippen LogP) is 2.78. The Morgan fingerprint density at radius 1 is 1.11 bits per heavy atom. The fourth-order valence-electron chi connectivity index (χ4n) is 2.09. The monoisotopic (exact) mass is 274 g/mol. The molecule has 1 rings (SSSR count). The highest BCUT2D eigenvalue weighted by Crippen LogP contribution is 2.13. The molecule has 0 spiro atoms. The number of likely N-dealkylation sites (N-methyl/N-ethyl adjacent to an activating group) is 1. The lowest BCUT2D eigenvalue weighted by molar-refractivity contribution is 0.224. The third-order valence-electron chi connectivity index (χ3n) is 3.16. The Hall–Kier alpha value is -1.07. The standard InChI is InChI=1S/C14H21F3N2/c1-9(2)13(19(3)4)8-18-7-10-5-11(15)14(17)12(16)6-10/h5-6,9,13,18H,7-8H2,1-4H3. The summed E-state index contributed by atoms with van der Waals surface area (Å²) in [5.74, 6) is -3.25. The van der Waals surface area contributed by atoms with E-state index in [0.717, 1.165) is 12.1 Å². The molecule has 0 saturated heterocycles. The van der Waals surface area contributed by atoms with Crippen LogP contribution in [-0.4, -0.2) is 31.6 Å². The first kappa shape index (κ1) is 16.0. The average Bonchev–Trinajstić information content (AvgIpc) is 2.30. The first-order chi connectivity index (χ1) is 8.82. The van der Waals surface area contributed by atoms with Crippen LogP contribution < -0.4 is 5.32 Å². The first-order valence-corrected chi connectivity index (χ1v) is 6.33. The molecular formula is C14H21F3N2. The third kappa shape index (κ3) is 4.51. The summed E-state index contributed by atoms with van der Waals surface area (Å²) in [7, 11) is 3.98. The third-order valence-corrected chi connectivity index (χ3v) is 3.16. The van der Waals surface area contributed by atoms with Crippen LogP contribution in [0.2, 0.25) is 0 Å². The van der Waals surface area contributed by atoms with Crippen LogP contribution in [-0.2, 0) is 6.54 Å². The van der Waals surface area contributed by atoms with Gasteiger partial charge in [0, 0.05) is 19.1 Å². The Balaban J connectivity index is 2.58. The van der Waals surface area contributed by atoms with Gasteiger partial charge in [-0.2, -0.15) is 0 Å². The molecule has 1 atom stereocenters. The highest BCUT2D eigenvalue weighted by Gasteiger charge is 2.15. The zero-order chi connectivity index (χ0) is 14.6. The fourth-order valence-corrected chi connectivity index (χ4v) is 2.09. The molecule has 0 amide bonds. The predicted molar refractivity (Wildman–Crippen MR) is 70.3 cm³/mol. The van der Waals surface area contributed by atoms with E-state index in [1.165, 1.54) is 0 Å². The van der Waals surface area contributed by atoms with Gasteiger partial charge in [-0.25, -0.2) is 13.2 Å². The minimum atomic E-state index is -1.42. The summed E-state index contributed by atoms with van der Waals surface area (Å²) < 4.78 is 38.9. The van der Waals surface area contributed by atoms with E-state index in [1.807, 2.05) is 14.1 Å². The van der Waals surface area contributed by atoms with Gasteiger partial charge in [-0.05, 0) is 37.7 Å². The molecule has 19 heavy (non-hydrogen) atoms. The maximum absolute atomic E-state index is 13.0. The van der Waals surface area contributed by atoms with E-state index >= 15 is 0 Å². The summed E-state index contributed by atoms with van der Waals surface area (Å²) in [5.41, 5.74) is 0.401.